The van der Waals surface area contributed by atoms with Gasteiger partial charge in [-0.25, -0.2) is 4.98 Å². The summed E-state index contributed by atoms with van der Waals surface area (Å²) in [6, 6.07) is 10.00. The maximum atomic E-state index is 13.2. The summed E-state index contributed by atoms with van der Waals surface area (Å²) in [6.07, 6.45) is 2.56. The number of likely N-dealkylation sites (N-methyl/N-ethyl adjacent to an activating group) is 1. The smallest absolute Gasteiger partial charge is 0.317 e. The second kappa shape index (κ2) is 8.63. The van der Waals surface area contributed by atoms with Crippen molar-refractivity contribution in [1.29, 1.82) is 0 Å². The molecule has 1 fully saturated rings. The lowest BCUT2D eigenvalue weighted by Crippen LogP contribution is -2.37. The van der Waals surface area contributed by atoms with Gasteiger partial charge in [0.25, 0.3) is 5.91 Å². The average Bonchev–Trinajstić information content (AvgIpc) is 2.87. The van der Waals surface area contributed by atoms with E-state index in [1.54, 1.807) is 0 Å². The minimum atomic E-state index is -0.817. The highest BCUT2D eigenvalue weighted by Crippen LogP contribution is 2.30. The van der Waals surface area contributed by atoms with Gasteiger partial charge in [-0.1, -0.05) is 30.3 Å². The third-order valence-corrected chi connectivity index (χ3v) is 5.93. The fourth-order valence-corrected chi connectivity index (χ4v) is 4.48. The number of aryl methyl sites for hydroxylation is 1. The molecule has 3 rings (SSSR count). The first kappa shape index (κ1) is 19.5. The summed E-state index contributed by atoms with van der Waals surface area (Å²) >= 11 is 1.44. The number of nitrogens with zero attached hydrogens (tertiary/aromatic N) is 3. The number of hydrogen-bond donors (Lipinski definition) is 1. The number of likely N-dealkylation sites (tertiary alicyclic amines) is 1. The molecule has 1 aliphatic heterocycles. The molecular weight excluding hydrogens is 362 g/mol. The van der Waals surface area contributed by atoms with Crippen molar-refractivity contribution in [1.82, 2.24) is 14.8 Å². The molecule has 27 heavy (non-hydrogen) atoms. The second-order valence-corrected chi connectivity index (χ2v) is 8.17. The molecule has 0 radical (unpaired) electrons. The van der Waals surface area contributed by atoms with Gasteiger partial charge in [-0.2, -0.15) is 0 Å². The molecule has 1 N–H and O–H groups in total. The molecule has 1 aromatic heterocycles. The van der Waals surface area contributed by atoms with Gasteiger partial charge in [0.1, 0.15) is 4.88 Å². The minimum Gasteiger partial charge on any atom is -0.480 e. The molecule has 7 heteroatoms. The van der Waals surface area contributed by atoms with E-state index in [1.807, 2.05) is 54.1 Å². The van der Waals surface area contributed by atoms with Crippen molar-refractivity contribution in [2.75, 3.05) is 26.7 Å². The Morgan fingerprint density at radius 1 is 1.26 bits per heavy atom. The third kappa shape index (κ3) is 4.73. The van der Waals surface area contributed by atoms with Gasteiger partial charge in [0.05, 0.1) is 17.2 Å². The van der Waals surface area contributed by atoms with Crippen LogP contribution in [-0.2, 0) is 4.79 Å². The van der Waals surface area contributed by atoms with Crippen LogP contribution in [0.5, 0.6) is 0 Å². The molecule has 6 nitrogen and oxygen atoms in total. The van der Waals surface area contributed by atoms with E-state index in [0.29, 0.717) is 18.0 Å². The zero-order chi connectivity index (χ0) is 19.4. The molecule has 144 valence electrons. The zero-order valence-electron chi connectivity index (χ0n) is 15.7. The molecule has 1 aliphatic rings. The number of carbonyl (C=O) groups excluding carboxylic acids is 1. The van der Waals surface area contributed by atoms with Crippen LogP contribution in [0.2, 0.25) is 0 Å². The van der Waals surface area contributed by atoms with Crippen LogP contribution in [0.4, 0.5) is 0 Å². The summed E-state index contributed by atoms with van der Waals surface area (Å²) in [5.41, 5.74) is 1.71. The number of thiazole rings is 1. The summed E-state index contributed by atoms with van der Waals surface area (Å²) in [4.78, 5) is 33.2. The summed E-state index contributed by atoms with van der Waals surface area (Å²) in [6.45, 7) is 3.29. The maximum Gasteiger partial charge on any atom is 0.317 e. The fraction of sp³-hybridized carbons (Fsp3) is 0.450. The molecule has 0 aliphatic carbocycles. The van der Waals surface area contributed by atoms with E-state index in [1.165, 1.54) is 11.3 Å². The first-order valence-electron chi connectivity index (χ1n) is 9.20. The van der Waals surface area contributed by atoms with Gasteiger partial charge in [-0.05, 0) is 33.2 Å². The van der Waals surface area contributed by atoms with Gasteiger partial charge in [-0.15, -0.1) is 11.3 Å². The van der Waals surface area contributed by atoms with Crippen molar-refractivity contribution in [3.05, 3.63) is 40.2 Å². The van der Waals surface area contributed by atoms with Crippen molar-refractivity contribution in [2.45, 2.75) is 32.2 Å². The van der Waals surface area contributed by atoms with E-state index >= 15 is 0 Å². The van der Waals surface area contributed by atoms with Gasteiger partial charge in [0, 0.05) is 24.7 Å². The predicted octanol–water partition coefficient (Wildman–Crippen LogP) is 3.13. The van der Waals surface area contributed by atoms with Crippen molar-refractivity contribution in [3.63, 3.8) is 0 Å². The Hall–Kier alpha value is -2.25. The van der Waals surface area contributed by atoms with Gasteiger partial charge in [-0.3, -0.25) is 14.5 Å². The van der Waals surface area contributed by atoms with Crippen LogP contribution in [0.3, 0.4) is 0 Å². The lowest BCUT2D eigenvalue weighted by atomic mass is 10.1. The Bertz CT molecular complexity index is 806. The van der Waals surface area contributed by atoms with E-state index in [-0.39, 0.29) is 18.5 Å². The fourth-order valence-electron chi connectivity index (χ4n) is 3.57. The number of aromatic nitrogens is 1. The molecule has 2 aromatic rings. The van der Waals surface area contributed by atoms with E-state index in [4.69, 9.17) is 5.11 Å². The van der Waals surface area contributed by atoms with Crippen LogP contribution in [0, 0.1) is 6.92 Å². The first-order valence-corrected chi connectivity index (χ1v) is 10.0. The molecule has 1 saturated heterocycles. The third-order valence-electron chi connectivity index (χ3n) is 4.97. The lowest BCUT2D eigenvalue weighted by molar-refractivity contribution is -0.138. The van der Waals surface area contributed by atoms with Crippen LogP contribution in [-0.4, -0.2) is 64.5 Å². The molecular formula is C20H25N3O3S. The number of aliphatic carboxylic acids is 1. The lowest BCUT2D eigenvalue weighted by Gasteiger charge is -2.25. The van der Waals surface area contributed by atoms with Gasteiger partial charge >= 0.3 is 5.97 Å². The summed E-state index contributed by atoms with van der Waals surface area (Å²) in [7, 11) is 1.84. The van der Waals surface area contributed by atoms with Crippen molar-refractivity contribution < 1.29 is 14.7 Å². The highest BCUT2D eigenvalue weighted by Gasteiger charge is 2.27. The Labute approximate surface area is 163 Å². The largest absolute Gasteiger partial charge is 0.480 e. The molecule has 0 bridgehead atoms. The Morgan fingerprint density at radius 3 is 2.70 bits per heavy atom. The minimum absolute atomic E-state index is 0.0287. The predicted molar refractivity (Wildman–Crippen MR) is 106 cm³/mol. The molecule has 1 amide bonds. The normalized spacial score (nSPS) is 17.7. The average molecular weight is 388 g/mol. The summed E-state index contributed by atoms with van der Waals surface area (Å²) in [5, 5.41) is 9.88. The van der Waals surface area contributed by atoms with E-state index in [2.05, 4.69) is 4.98 Å². The molecule has 1 atom stereocenters. The highest BCUT2D eigenvalue weighted by molar-refractivity contribution is 7.14. The van der Waals surface area contributed by atoms with E-state index in [9.17, 15) is 9.59 Å². The second-order valence-electron chi connectivity index (χ2n) is 6.96. The molecule has 1 unspecified atom stereocenters. The molecule has 0 spiro atoms. The number of benzene rings is 1. The van der Waals surface area contributed by atoms with Crippen LogP contribution >= 0.6 is 11.3 Å². The number of amides is 1. The van der Waals surface area contributed by atoms with Crippen LogP contribution in [0.1, 0.15) is 33.9 Å². The number of carboxylic acids is 1. The topological polar surface area (TPSA) is 73.7 Å². The molecule has 2 heterocycles. The van der Waals surface area contributed by atoms with Gasteiger partial charge in [0.15, 0.2) is 0 Å². The van der Waals surface area contributed by atoms with Crippen molar-refractivity contribution >= 4 is 23.2 Å². The number of carboxylic acid groups (broad SMARTS) is 1. The van der Waals surface area contributed by atoms with Gasteiger partial charge < -0.3 is 10.0 Å². The standard InChI is InChI=1S/C20H25N3O3S/c1-14-21-18(15-7-4-3-5-8-15)19(27-14)20(26)23-11-6-9-16(10-12-23)22(2)13-17(24)25/h3-5,7-8,16H,6,9-13H2,1-2H3,(H,24,25). The van der Waals surface area contributed by atoms with Crippen LogP contribution in [0.25, 0.3) is 11.3 Å². The zero-order valence-corrected chi connectivity index (χ0v) is 16.5. The Kier molecular flexibility index (Phi) is 6.23. The Balaban J connectivity index is 1.75. The van der Waals surface area contributed by atoms with E-state index in [0.717, 1.165) is 35.5 Å². The van der Waals surface area contributed by atoms with E-state index < -0.39 is 5.97 Å². The van der Waals surface area contributed by atoms with Crippen molar-refractivity contribution in [2.24, 2.45) is 0 Å². The van der Waals surface area contributed by atoms with Gasteiger partial charge in [0.2, 0.25) is 0 Å². The number of carbonyl (C=O) groups is 2. The monoisotopic (exact) mass is 387 g/mol. The summed E-state index contributed by atoms with van der Waals surface area (Å²) < 4.78 is 0. The SMILES string of the molecule is Cc1nc(-c2ccccc2)c(C(=O)N2CCCC(N(C)CC(=O)O)CC2)s1. The Morgan fingerprint density at radius 2 is 2.00 bits per heavy atom. The van der Waals surface area contributed by atoms with Crippen LogP contribution in [0.15, 0.2) is 30.3 Å². The number of hydrogen-bond acceptors (Lipinski definition) is 5. The molecule has 1 aromatic carbocycles. The van der Waals surface area contributed by atoms with Crippen molar-refractivity contribution in [3.8, 4) is 11.3 Å². The number of rotatable bonds is 5. The van der Waals surface area contributed by atoms with Crippen LogP contribution < -0.4 is 0 Å². The maximum absolute atomic E-state index is 13.2. The summed E-state index contributed by atoms with van der Waals surface area (Å²) in [5.74, 6) is -0.789. The molecule has 0 saturated carbocycles. The quantitative estimate of drug-likeness (QED) is 0.853. The highest BCUT2D eigenvalue weighted by atomic mass is 32.1. The first-order chi connectivity index (χ1) is 13.0.